The molecule has 0 spiro atoms. The number of thiazole rings is 1. The van der Waals surface area contributed by atoms with Gasteiger partial charge in [0, 0.05) is 24.0 Å². The van der Waals surface area contributed by atoms with Gasteiger partial charge in [-0.1, -0.05) is 33.1 Å². The van der Waals surface area contributed by atoms with E-state index < -0.39 is 0 Å². The molecule has 1 saturated carbocycles. The summed E-state index contributed by atoms with van der Waals surface area (Å²) in [6.45, 7) is 10.3. The van der Waals surface area contributed by atoms with Crippen LogP contribution in [-0.2, 0) is 0 Å². The van der Waals surface area contributed by atoms with Gasteiger partial charge in [-0.3, -0.25) is 9.78 Å². The number of carbonyl (C=O) groups excluding carboxylic acids is 1. The number of carbonyl (C=O) groups is 1. The maximum absolute atomic E-state index is 12.6. The average molecular weight is 409 g/mol. The second-order valence-electron chi connectivity index (χ2n) is 7.49. The van der Waals surface area contributed by atoms with Crippen molar-refractivity contribution in [1.82, 2.24) is 15.0 Å². The molecule has 3 aromatic rings. The zero-order valence-electron chi connectivity index (χ0n) is 17.1. The zero-order valence-corrected chi connectivity index (χ0v) is 18.0. The van der Waals surface area contributed by atoms with E-state index in [1.807, 2.05) is 0 Å². The highest BCUT2D eigenvalue weighted by molar-refractivity contribution is 7.18. The summed E-state index contributed by atoms with van der Waals surface area (Å²) in [6.07, 6.45) is 11.0. The molecule has 5 nitrogen and oxygen atoms in total. The number of rotatable bonds is 4. The summed E-state index contributed by atoms with van der Waals surface area (Å²) in [5.74, 6) is 0.643. The van der Waals surface area contributed by atoms with Crippen LogP contribution in [-0.4, -0.2) is 20.9 Å². The van der Waals surface area contributed by atoms with Gasteiger partial charge in [-0.2, -0.15) is 0 Å². The fraction of sp³-hybridized carbons (Fsp3) is 0.391. The molecule has 4 rings (SSSR count). The third-order valence-corrected chi connectivity index (χ3v) is 6.38. The molecule has 152 valence electrons. The number of fused-ring (bicyclic) bond motifs is 1. The van der Waals surface area contributed by atoms with Gasteiger partial charge in [0.1, 0.15) is 5.69 Å². The molecule has 0 aliphatic heterocycles. The second-order valence-corrected chi connectivity index (χ2v) is 8.56. The van der Waals surface area contributed by atoms with E-state index in [4.69, 9.17) is 4.98 Å². The topological polar surface area (TPSA) is 67.8 Å². The molecule has 2 heterocycles. The van der Waals surface area contributed by atoms with Crippen molar-refractivity contribution >= 4 is 33.1 Å². The molecule has 0 bridgehead atoms. The van der Waals surface area contributed by atoms with Gasteiger partial charge in [-0.05, 0) is 36.5 Å². The van der Waals surface area contributed by atoms with Crippen LogP contribution in [0.25, 0.3) is 10.2 Å². The van der Waals surface area contributed by atoms with E-state index >= 15 is 0 Å². The third kappa shape index (κ3) is 4.88. The molecule has 1 aliphatic rings. The Hall–Kier alpha value is -2.60. The summed E-state index contributed by atoms with van der Waals surface area (Å²) in [6, 6.07) is 4.21. The van der Waals surface area contributed by atoms with Crippen molar-refractivity contribution in [3.8, 4) is 0 Å². The van der Waals surface area contributed by atoms with E-state index in [9.17, 15) is 4.79 Å². The number of nitrogens with zero attached hydrogens (tertiary/aromatic N) is 3. The van der Waals surface area contributed by atoms with E-state index in [1.165, 1.54) is 49.5 Å². The molecule has 1 N–H and O–H groups in total. The zero-order chi connectivity index (χ0) is 20.8. The van der Waals surface area contributed by atoms with E-state index in [2.05, 4.69) is 54.4 Å². The lowest BCUT2D eigenvalue weighted by Crippen LogP contribution is -2.15. The van der Waals surface area contributed by atoms with Crippen LogP contribution in [0, 0.1) is 0 Å². The largest absolute Gasteiger partial charge is 0.320 e. The summed E-state index contributed by atoms with van der Waals surface area (Å²) in [5, 5.41) is 4.27. The average Bonchev–Trinajstić information content (AvgIpc) is 3.19. The Morgan fingerprint density at radius 1 is 1.17 bits per heavy atom. The highest BCUT2D eigenvalue weighted by Crippen LogP contribution is 2.39. The van der Waals surface area contributed by atoms with Crippen molar-refractivity contribution in [3.05, 3.63) is 60.1 Å². The number of hydrogen-bond acceptors (Lipinski definition) is 5. The first-order chi connectivity index (χ1) is 14.1. The maximum Gasteiger partial charge on any atom is 0.275 e. The van der Waals surface area contributed by atoms with E-state index in [0.717, 1.165) is 21.5 Å². The van der Waals surface area contributed by atoms with Crippen molar-refractivity contribution in [2.75, 3.05) is 5.32 Å². The van der Waals surface area contributed by atoms with Crippen LogP contribution in [0.4, 0.5) is 5.69 Å². The van der Waals surface area contributed by atoms with Crippen LogP contribution >= 0.6 is 11.3 Å². The summed E-state index contributed by atoms with van der Waals surface area (Å²) in [5.41, 5.74) is 3.30. The summed E-state index contributed by atoms with van der Waals surface area (Å²) in [7, 11) is 0. The van der Waals surface area contributed by atoms with Crippen LogP contribution < -0.4 is 5.32 Å². The molecule has 29 heavy (non-hydrogen) atoms. The number of benzene rings is 1. The minimum absolute atomic E-state index is 0.235. The number of nitrogens with one attached hydrogen (secondary N) is 1. The number of aromatic nitrogens is 3. The molecule has 6 heteroatoms. The summed E-state index contributed by atoms with van der Waals surface area (Å²) >= 11 is 1.77. The number of amides is 1. The first kappa shape index (κ1) is 21.1. The Kier molecular flexibility index (Phi) is 7.09. The van der Waals surface area contributed by atoms with Gasteiger partial charge >= 0.3 is 0 Å². The van der Waals surface area contributed by atoms with Crippen molar-refractivity contribution in [3.63, 3.8) is 0 Å². The van der Waals surface area contributed by atoms with Gasteiger partial charge in [0.25, 0.3) is 5.91 Å². The maximum atomic E-state index is 12.6. The van der Waals surface area contributed by atoms with E-state index in [1.54, 1.807) is 17.5 Å². The van der Waals surface area contributed by atoms with Gasteiger partial charge in [-0.15, -0.1) is 24.5 Å². The minimum Gasteiger partial charge on any atom is -0.320 e. The normalized spacial score (nSPS) is 14.4. The Morgan fingerprint density at radius 2 is 1.93 bits per heavy atom. The predicted molar refractivity (Wildman–Crippen MR) is 121 cm³/mol. The summed E-state index contributed by atoms with van der Waals surface area (Å²) < 4.78 is 1.13. The molecular formula is C23H28N4OS. The van der Waals surface area contributed by atoms with Crippen molar-refractivity contribution < 1.29 is 4.79 Å². The molecule has 0 saturated heterocycles. The Balaban J connectivity index is 0.00000117. The second kappa shape index (κ2) is 9.74. The molecule has 0 radical (unpaired) electrons. The first-order valence-electron chi connectivity index (χ1n) is 10.1. The Morgan fingerprint density at radius 3 is 2.59 bits per heavy atom. The van der Waals surface area contributed by atoms with Crippen LogP contribution in [0.3, 0.4) is 0 Å². The molecule has 1 aromatic carbocycles. The van der Waals surface area contributed by atoms with Crippen molar-refractivity contribution in [2.45, 2.75) is 57.8 Å². The van der Waals surface area contributed by atoms with Gasteiger partial charge in [0.05, 0.1) is 21.4 Å². The Labute approximate surface area is 176 Å². The van der Waals surface area contributed by atoms with Crippen LogP contribution in [0.1, 0.15) is 78.8 Å². The third-order valence-electron chi connectivity index (χ3n) is 5.20. The molecule has 0 unspecified atom stereocenters. The van der Waals surface area contributed by atoms with Gasteiger partial charge < -0.3 is 5.32 Å². The van der Waals surface area contributed by atoms with Gasteiger partial charge in [-0.25, -0.2) is 9.97 Å². The smallest absolute Gasteiger partial charge is 0.275 e. The predicted octanol–water partition coefficient (Wildman–Crippen LogP) is 6.31. The van der Waals surface area contributed by atoms with Gasteiger partial charge in [0.15, 0.2) is 0 Å². The Bertz CT molecular complexity index is 962. The van der Waals surface area contributed by atoms with E-state index in [0.29, 0.717) is 11.6 Å². The lowest BCUT2D eigenvalue weighted by molar-refractivity contribution is 0.102. The van der Waals surface area contributed by atoms with Crippen LogP contribution in [0.5, 0.6) is 0 Å². The standard InChI is InChI=1S/C21H24N4OS.C2H4/c1-13(2)15-10-17-19(27-21(25-17)14-6-4-3-5-7-14)11-16(15)24-20(26)18-12-22-8-9-23-18;1-2/h8-14H,3-7H2,1-2H3,(H,24,26);1-2H2. The molecule has 1 amide bonds. The molecule has 1 fully saturated rings. The van der Waals surface area contributed by atoms with Crippen molar-refractivity contribution in [1.29, 1.82) is 0 Å². The first-order valence-corrected chi connectivity index (χ1v) is 10.9. The molecule has 1 aliphatic carbocycles. The molecule has 0 atom stereocenters. The molecule has 2 aromatic heterocycles. The highest BCUT2D eigenvalue weighted by atomic mass is 32.1. The SMILES string of the molecule is C=C.CC(C)c1cc2nc(C3CCCCC3)sc2cc1NC(=O)c1cnccn1. The minimum atomic E-state index is -0.235. The monoisotopic (exact) mass is 408 g/mol. The molecular weight excluding hydrogens is 380 g/mol. The van der Waals surface area contributed by atoms with E-state index in [-0.39, 0.29) is 11.8 Å². The lowest BCUT2D eigenvalue weighted by Gasteiger charge is -2.18. The van der Waals surface area contributed by atoms with Gasteiger partial charge in [0.2, 0.25) is 0 Å². The lowest BCUT2D eigenvalue weighted by atomic mass is 9.90. The number of anilines is 1. The fourth-order valence-corrected chi connectivity index (χ4v) is 4.88. The summed E-state index contributed by atoms with van der Waals surface area (Å²) in [4.78, 5) is 25.6. The van der Waals surface area contributed by atoms with Crippen molar-refractivity contribution in [2.24, 2.45) is 0 Å². The fourth-order valence-electron chi connectivity index (χ4n) is 3.72. The highest BCUT2D eigenvalue weighted by Gasteiger charge is 2.21. The quantitative estimate of drug-likeness (QED) is 0.514. The number of hydrogen-bond donors (Lipinski definition) is 1. The van der Waals surface area contributed by atoms with Crippen LogP contribution in [0.15, 0.2) is 43.9 Å². The van der Waals surface area contributed by atoms with Crippen LogP contribution in [0.2, 0.25) is 0 Å².